The maximum atomic E-state index is 10.1. The molecule has 0 bridgehead atoms. The molecule has 0 fully saturated rings. The second-order valence-electron chi connectivity index (χ2n) is 3.02. The molecule has 0 atom stereocenters. The van der Waals surface area contributed by atoms with Gasteiger partial charge in [0, 0.05) is 12.6 Å². The largest absolute Gasteiger partial charge is 0.303 e. The summed E-state index contributed by atoms with van der Waals surface area (Å²) in [4.78, 5) is 14.3. The van der Waals surface area contributed by atoms with Crippen LogP contribution in [0.2, 0.25) is 0 Å². The van der Waals surface area contributed by atoms with E-state index in [0.29, 0.717) is 6.42 Å². The van der Waals surface area contributed by atoms with Crippen LogP contribution in [0.25, 0.3) is 6.08 Å². The predicted molar refractivity (Wildman–Crippen MR) is 53.4 cm³/mol. The highest BCUT2D eigenvalue weighted by atomic mass is 16.1. The van der Waals surface area contributed by atoms with E-state index in [1.165, 1.54) is 0 Å². The zero-order valence-corrected chi connectivity index (χ0v) is 7.95. The number of nitrogens with zero attached hydrogens (tertiary/aromatic N) is 1. The van der Waals surface area contributed by atoms with Crippen LogP contribution in [0, 0.1) is 13.8 Å². The number of carbonyl (C=O) groups excluding carboxylic acids is 1. The summed E-state index contributed by atoms with van der Waals surface area (Å²) in [5.74, 6) is 0. The van der Waals surface area contributed by atoms with Gasteiger partial charge in [-0.2, -0.15) is 0 Å². The number of aldehydes is 1. The number of hydrogen-bond donors (Lipinski definition) is 0. The minimum atomic E-state index is 0.453. The zero-order chi connectivity index (χ0) is 9.68. The third kappa shape index (κ3) is 2.82. The SMILES string of the molecule is Cc1cnc(C=CCC=O)c(C)c1. The minimum Gasteiger partial charge on any atom is -0.303 e. The van der Waals surface area contributed by atoms with Gasteiger partial charge < -0.3 is 4.79 Å². The second-order valence-corrected chi connectivity index (χ2v) is 3.02. The molecule has 1 aromatic rings. The molecule has 1 rings (SSSR count). The fourth-order valence-corrected chi connectivity index (χ4v) is 1.14. The van der Waals surface area contributed by atoms with Crippen LogP contribution in [0.4, 0.5) is 0 Å². The average molecular weight is 175 g/mol. The van der Waals surface area contributed by atoms with Gasteiger partial charge >= 0.3 is 0 Å². The van der Waals surface area contributed by atoms with Crippen molar-refractivity contribution >= 4 is 12.4 Å². The standard InChI is InChI=1S/C11H13NO/c1-9-7-10(2)11(12-8-9)5-3-4-6-13/h3,5-8H,4H2,1-2H3. The van der Waals surface area contributed by atoms with Crippen molar-refractivity contribution in [2.24, 2.45) is 0 Å². The molecule has 2 nitrogen and oxygen atoms in total. The lowest BCUT2D eigenvalue weighted by Gasteiger charge is -1.99. The Morgan fingerprint density at radius 1 is 1.46 bits per heavy atom. The Bertz CT molecular complexity index is 329. The van der Waals surface area contributed by atoms with Crippen molar-refractivity contribution in [3.63, 3.8) is 0 Å². The molecule has 13 heavy (non-hydrogen) atoms. The van der Waals surface area contributed by atoms with E-state index in [0.717, 1.165) is 23.1 Å². The lowest BCUT2D eigenvalue weighted by Crippen LogP contribution is -1.87. The zero-order valence-electron chi connectivity index (χ0n) is 7.95. The Balaban J connectivity index is 2.83. The molecule has 0 saturated heterocycles. The number of aromatic nitrogens is 1. The van der Waals surface area contributed by atoms with Gasteiger partial charge in [-0.25, -0.2) is 0 Å². The normalized spacial score (nSPS) is 10.6. The molecule has 1 heterocycles. The fourth-order valence-electron chi connectivity index (χ4n) is 1.14. The first kappa shape index (κ1) is 9.65. The summed E-state index contributed by atoms with van der Waals surface area (Å²) in [6.45, 7) is 4.03. The van der Waals surface area contributed by atoms with E-state index in [1.807, 2.05) is 32.2 Å². The van der Waals surface area contributed by atoms with Gasteiger partial charge in [0.25, 0.3) is 0 Å². The van der Waals surface area contributed by atoms with Crippen LogP contribution < -0.4 is 0 Å². The van der Waals surface area contributed by atoms with Crippen molar-refractivity contribution in [1.29, 1.82) is 0 Å². The van der Waals surface area contributed by atoms with E-state index < -0.39 is 0 Å². The van der Waals surface area contributed by atoms with Gasteiger partial charge in [-0.15, -0.1) is 0 Å². The molecule has 0 aliphatic heterocycles. The summed E-state index contributed by atoms with van der Waals surface area (Å²) in [6, 6.07) is 2.08. The van der Waals surface area contributed by atoms with Crippen LogP contribution in [-0.4, -0.2) is 11.3 Å². The van der Waals surface area contributed by atoms with Crippen LogP contribution in [0.3, 0.4) is 0 Å². The lowest BCUT2D eigenvalue weighted by atomic mass is 10.1. The predicted octanol–water partition coefficient (Wildman–Crippen LogP) is 2.30. The number of rotatable bonds is 3. The molecule has 0 unspecified atom stereocenters. The van der Waals surface area contributed by atoms with Crippen LogP contribution in [0.1, 0.15) is 23.2 Å². The van der Waals surface area contributed by atoms with Gasteiger partial charge in [-0.05, 0) is 31.1 Å². The molecule has 1 aromatic heterocycles. The Hall–Kier alpha value is -1.44. The van der Waals surface area contributed by atoms with Crippen molar-refractivity contribution in [3.8, 4) is 0 Å². The number of carbonyl (C=O) groups is 1. The van der Waals surface area contributed by atoms with Crippen molar-refractivity contribution < 1.29 is 4.79 Å². The summed E-state index contributed by atoms with van der Waals surface area (Å²) < 4.78 is 0. The van der Waals surface area contributed by atoms with E-state index in [2.05, 4.69) is 11.1 Å². The first-order chi connectivity index (χ1) is 6.24. The monoisotopic (exact) mass is 175 g/mol. The molecule has 0 radical (unpaired) electrons. The van der Waals surface area contributed by atoms with E-state index in [9.17, 15) is 4.79 Å². The molecule has 68 valence electrons. The minimum absolute atomic E-state index is 0.453. The second kappa shape index (κ2) is 4.55. The molecule has 0 aliphatic rings. The van der Waals surface area contributed by atoms with E-state index in [-0.39, 0.29) is 0 Å². The van der Waals surface area contributed by atoms with Gasteiger partial charge in [-0.3, -0.25) is 4.98 Å². The maximum absolute atomic E-state index is 10.1. The third-order valence-electron chi connectivity index (χ3n) is 1.76. The van der Waals surface area contributed by atoms with Gasteiger partial charge in [0.2, 0.25) is 0 Å². The highest BCUT2D eigenvalue weighted by Crippen LogP contribution is 2.08. The molecular formula is C11H13NO. The molecule has 0 N–H and O–H groups in total. The van der Waals surface area contributed by atoms with Crippen molar-refractivity contribution in [1.82, 2.24) is 4.98 Å². The number of aryl methyl sites for hydroxylation is 2. The summed E-state index contributed by atoms with van der Waals surface area (Å²) in [5.41, 5.74) is 3.24. The van der Waals surface area contributed by atoms with E-state index >= 15 is 0 Å². The Kier molecular flexibility index (Phi) is 3.38. The molecule has 2 heteroatoms. The van der Waals surface area contributed by atoms with Gasteiger partial charge in [0.05, 0.1) is 5.69 Å². The van der Waals surface area contributed by atoms with Gasteiger partial charge in [0.1, 0.15) is 6.29 Å². The highest BCUT2D eigenvalue weighted by molar-refractivity contribution is 5.57. The summed E-state index contributed by atoms with van der Waals surface area (Å²) >= 11 is 0. The summed E-state index contributed by atoms with van der Waals surface area (Å²) in [6.07, 6.45) is 6.85. The Morgan fingerprint density at radius 2 is 2.23 bits per heavy atom. The summed E-state index contributed by atoms with van der Waals surface area (Å²) in [7, 11) is 0. The molecule has 0 spiro atoms. The number of allylic oxidation sites excluding steroid dienone is 1. The molecule has 0 aromatic carbocycles. The fraction of sp³-hybridized carbons (Fsp3) is 0.273. The topological polar surface area (TPSA) is 30.0 Å². The molecular weight excluding hydrogens is 162 g/mol. The smallest absolute Gasteiger partial charge is 0.123 e. The molecule has 0 amide bonds. The molecule has 0 aliphatic carbocycles. The lowest BCUT2D eigenvalue weighted by molar-refractivity contribution is -0.107. The van der Waals surface area contributed by atoms with E-state index in [4.69, 9.17) is 0 Å². The Morgan fingerprint density at radius 3 is 2.85 bits per heavy atom. The van der Waals surface area contributed by atoms with E-state index in [1.54, 1.807) is 0 Å². The highest BCUT2D eigenvalue weighted by Gasteiger charge is 1.94. The first-order valence-electron chi connectivity index (χ1n) is 4.27. The number of hydrogen-bond acceptors (Lipinski definition) is 2. The quantitative estimate of drug-likeness (QED) is 0.660. The average Bonchev–Trinajstić information content (AvgIpc) is 2.09. The Labute approximate surface area is 78.3 Å². The summed E-state index contributed by atoms with van der Waals surface area (Å²) in [5, 5.41) is 0. The van der Waals surface area contributed by atoms with Crippen molar-refractivity contribution in [3.05, 3.63) is 35.2 Å². The van der Waals surface area contributed by atoms with Gasteiger partial charge in [0.15, 0.2) is 0 Å². The first-order valence-corrected chi connectivity index (χ1v) is 4.27. The van der Waals surface area contributed by atoms with Crippen LogP contribution >= 0.6 is 0 Å². The molecule has 0 saturated carbocycles. The van der Waals surface area contributed by atoms with Gasteiger partial charge in [-0.1, -0.05) is 12.1 Å². The van der Waals surface area contributed by atoms with Crippen LogP contribution in [-0.2, 0) is 4.79 Å². The third-order valence-corrected chi connectivity index (χ3v) is 1.76. The van der Waals surface area contributed by atoms with Crippen molar-refractivity contribution in [2.45, 2.75) is 20.3 Å². The van der Waals surface area contributed by atoms with Crippen LogP contribution in [0.15, 0.2) is 18.3 Å². The van der Waals surface area contributed by atoms with Crippen LogP contribution in [0.5, 0.6) is 0 Å². The van der Waals surface area contributed by atoms with Crippen molar-refractivity contribution in [2.75, 3.05) is 0 Å². The maximum Gasteiger partial charge on any atom is 0.123 e. The number of pyridine rings is 1.